The first-order valence-corrected chi connectivity index (χ1v) is 10.3. The van der Waals surface area contributed by atoms with E-state index in [4.69, 9.17) is 25.2 Å². The molecule has 9 nitrogen and oxygen atoms in total. The molecule has 9 heteroatoms. The number of nitrogen functional groups attached to an aromatic ring is 1. The number of carbonyl (C=O) groups is 1. The summed E-state index contributed by atoms with van der Waals surface area (Å²) in [5.41, 5.74) is 8.58. The van der Waals surface area contributed by atoms with Crippen molar-refractivity contribution in [2.45, 2.75) is 12.0 Å². The summed E-state index contributed by atoms with van der Waals surface area (Å²) in [5, 5.41) is 3.34. The van der Waals surface area contributed by atoms with Crippen LogP contribution in [0.15, 0.2) is 36.4 Å². The van der Waals surface area contributed by atoms with E-state index in [2.05, 4.69) is 15.2 Å². The first-order valence-electron chi connectivity index (χ1n) is 10.3. The molecule has 2 saturated heterocycles. The Labute approximate surface area is 179 Å². The first kappa shape index (κ1) is 19.7. The van der Waals surface area contributed by atoms with Crippen molar-refractivity contribution in [2.24, 2.45) is 0 Å². The predicted molar refractivity (Wildman–Crippen MR) is 117 cm³/mol. The van der Waals surface area contributed by atoms with E-state index in [-0.39, 0.29) is 11.5 Å². The number of fused-ring (bicyclic) bond motifs is 1. The molecule has 2 aliphatic heterocycles. The number of hydrogen-bond acceptors (Lipinski definition) is 8. The van der Waals surface area contributed by atoms with Crippen LogP contribution >= 0.6 is 0 Å². The van der Waals surface area contributed by atoms with Crippen molar-refractivity contribution in [3.63, 3.8) is 0 Å². The molecule has 0 bridgehead atoms. The minimum Gasteiger partial charge on any atom is -0.383 e. The van der Waals surface area contributed by atoms with Gasteiger partial charge in [-0.25, -0.2) is 4.98 Å². The van der Waals surface area contributed by atoms with Gasteiger partial charge in [0, 0.05) is 37.7 Å². The van der Waals surface area contributed by atoms with Gasteiger partial charge in [-0.2, -0.15) is 9.97 Å². The highest BCUT2D eigenvalue weighted by atomic mass is 16.6. The lowest BCUT2D eigenvalue weighted by Crippen LogP contribution is -2.53. The van der Waals surface area contributed by atoms with E-state index < -0.39 is 0 Å². The van der Waals surface area contributed by atoms with Crippen molar-refractivity contribution in [2.75, 3.05) is 50.6 Å². The van der Waals surface area contributed by atoms with Gasteiger partial charge in [0.15, 0.2) is 5.65 Å². The summed E-state index contributed by atoms with van der Waals surface area (Å²) in [7, 11) is 1.61. The molecular weight excluding hydrogens is 396 g/mol. The lowest BCUT2D eigenvalue weighted by Gasteiger charge is -2.39. The summed E-state index contributed by atoms with van der Waals surface area (Å²) in [6, 6.07) is 11.1. The molecule has 160 valence electrons. The van der Waals surface area contributed by atoms with Gasteiger partial charge < -0.3 is 25.4 Å². The molecule has 0 unspecified atom stereocenters. The molecule has 0 radical (unpaired) electrons. The number of nitrogens with two attached hydrogens (primary N) is 1. The van der Waals surface area contributed by atoms with Crippen LogP contribution in [0.1, 0.15) is 16.8 Å². The Morgan fingerprint density at radius 2 is 2.10 bits per heavy atom. The van der Waals surface area contributed by atoms with Crippen LogP contribution in [0, 0.1) is 0 Å². The number of pyridine rings is 1. The van der Waals surface area contributed by atoms with E-state index in [1.54, 1.807) is 13.1 Å². The van der Waals surface area contributed by atoms with Gasteiger partial charge >= 0.3 is 0 Å². The molecule has 2 aromatic heterocycles. The number of morpholine rings is 1. The Bertz CT molecular complexity index is 1150. The SMILES string of the molecule is CNC(=O)c1cccc(-c2ccc3c(N)nc(N4CCO[C@@]5(CCOC5)C4)nc3n2)c1. The highest BCUT2D eigenvalue weighted by molar-refractivity contribution is 5.95. The summed E-state index contributed by atoms with van der Waals surface area (Å²) in [5.74, 6) is 0.790. The zero-order valence-electron chi connectivity index (χ0n) is 17.3. The average molecular weight is 420 g/mol. The zero-order chi connectivity index (χ0) is 21.4. The summed E-state index contributed by atoms with van der Waals surface area (Å²) in [6.07, 6.45) is 0.858. The van der Waals surface area contributed by atoms with E-state index in [0.717, 1.165) is 12.0 Å². The predicted octanol–water partition coefficient (Wildman–Crippen LogP) is 1.63. The van der Waals surface area contributed by atoms with E-state index in [0.29, 0.717) is 67.0 Å². The van der Waals surface area contributed by atoms with Gasteiger partial charge in [-0.05, 0) is 24.3 Å². The molecule has 4 heterocycles. The molecule has 0 aliphatic carbocycles. The Morgan fingerprint density at radius 1 is 1.19 bits per heavy atom. The second-order valence-corrected chi connectivity index (χ2v) is 7.89. The summed E-state index contributed by atoms with van der Waals surface area (Å²) in [6.45, 7) is 3.21. The molecule has 3 N–H and O–H groups in total. The number of aromatic nitrogens is 3. The summed E-state index contributed by atoms with van der Waals surface area (Å²) < 4.78 is 11.6. The minimum absolute atomic E-state index is 0.145. The normalized spacial score (nSPS) is 21.0. The lowest BCUT2D eigenvalue weighted by atomic mass is 10.0. The Kier molecular flexibility index (Phi) is 4.91. The van der Waals surface area contributed by atoms with E-state index in [1.165, 1.54) is 0 Å². The van der Waals surface area contributed by atoms with Gasteiger partial charge in [0.05, 0.1) is 30.8 Å². The fraction of sp³-hybridized carbons (Fsp3) is 0.364. The Morgan fingerprint density at radius 3 is 2.90 bits per heavy atom. The quantitative estimate of drug-likeness (QED) is 0.657. The molecule has 1 atom stereocenters. The molecule has 2 fully saturated rings. The molecule has 2 aliphatic rings. The molecule has 1 aromatic carbocycles. The van der Waals surface area contributed by atoms with Crippen LogP contribution < -0.4 is 16.0 Å². The number of ether oxygens (including phenoxy) is 2. The van der Waals surface area contributed by atoms with Gasteiger partial charge in [-0.3, -0.25) is 4.79 Å². The molecule has 1 spiro atoms. The summed E-state index contributed by atoms with van der Waals surface area (Å²) in [4.78, 5) is 28.1. The Hall–Kier alpha value is -3.30. The molecule has 1 amide bonds. The Balaban J connectivity index is 1.51. The van der Waals surface area contributed by atoms with Crippen LogP contribution in [0.25, 0.3) is 22.3 Å². The maximum Gasteiger partial charge on any atom is 0.251 e. The molecule has 0 saturated carbocycles. The van der Waals surface area contributed by atoms with Gasteiger partial charge in [-0.15, -0.1) is 0 Å². The highest BCUT2D eigenvalue weighted by Crippen LogP contribution is 2.30. The number of nitrogens with zero attached hydrogens (tertiary/aromatic N) is 4. The highest BCUT2D eigenvalue weighted by Gasteiger charge is 2.41. The maximum absolute atomic E-state index is 12.0. The monoisotopic (exact) mass is 420 g/mol. The topological polar surface area (TPSA) is 115 Å². The average Bonchev–Trinajstić information content (AvgIpc) is 3.25. The van der Waals surface area contributed by atoms with Crippen molar-refractivity contribution in [3.05, 3.63) is 42.0 Å². The van der Waals surface area contributed by atoms with Crippen molar-refractivity contribution >= 4 is 28.7 Å². The van der Waals surface area contributed by atoms with Gasteiger partial charge in [0.1, 0.15) is 11.4 Å². The van der Waals surface area contributed by atoms with Crippen LogP contribution in [0.2, 0.25) is 0 Å². The third-order valence-electron chi connectivity index (χ3n) is 5.82. The number of amides is 1. The van der Waals surface area contributed by atoms with Gasteiger partial charge in [0.2, 0.25) is 5.95 Å². The zero-order valence-corrected chi connectivity index (χ0v) is 17.3. The molecule has 31 heavy (non-hydrogen) atoms. The van der Waals surface area contributed by atoms with Crippen molar-refractivity contribution in [1.29, 1.82) is 0 Å². The minimum atomic E-state index is -0.305. The summed E-state index contributed by atoms with van der Waals surface area (Å²) >= 11 is 0. The first-order chi connectivity index (χ1) is 15.1. The van der Waals surface area contributed by atoms with E-state index in [1.807, 2.05) is 30.3 Å². The van der Waals surface area contributed by atoms with Crippen LogP contribution in [0.4, 0.5) is 11.8 Å². The van der Waals surface area contributed by atoms with E-state index in [9.17, 15) is 4.79 Å². The lowest BCUT2D eigenvalue weighted by molar-refractivity contribution is -0.0583. The van der Waals surface area contributed by atoms with Crippen LogP contribution in [0.5, 0.6) is 0 Å². The third kappa shape index (κ3) is 3.66. The molecular formula is C22H24N6O3. The molecule has 3 aromatic rings. The largest absolute Gasteiger partial charge is 0.383 e. The second-order valence-electron chi connectivity index (χ2n) is 7.89. The smallest absolute Gasteiger partial charge is 0.251 e. The number of benzene rings is 1. The van der Waals surface area contributed by atoms with Crippen LogP contribution in [0.3, 0.4) is 0 Å². The number of hydrogen-bond donors (Lipinski definition) is 2. The van der Waals surface area contributed by atoms with Crippen molar-refractivity contribution < 1.29 is 14.3 Å². The number of rotatable bonds is 3. The number of carbonyl (C=O) groups excluding carboxylic acids is 1. The van der Waals surface area contributed by atoms with Crippen molar-refractivity contribution in [1.82, 2.24) is 20.3 Å². The van der Waals surface area contributed by atoms with Gasteiger partial charge in [0.25, 0.3) is 5.91 Å². The third-order valence-corrected chi connectivity index (χ3v) is 5.82. The standard InChI is InChI=1S/C22H24N6O3/c1-24-20(29)15-4-2-3-14(11-15)17-6-5-16-18(23)26-21(27-19(16)25-17)28-8-10-31-22(12-28)7-9-30-13-22/h2-6,11H,7-10,12-13H2,1H3,(H,24,29)(H2,23,25,26,27)/t22-/m0/s1. The fourth-order valence-corrected chi connectivity index (χ4v) is 4.13. The second kappa shape index (κ2) is 7.75. The number of nitrogens with one attached hydrogen (secondary N) is 1. The fourth-order valence-electron chi connectivity index (χ4n) is 4.13. The van der Waals surface area contributed by atoms with Crippen LogP contribution in [-0.4, -0.2) is 66.4 Å². The maximum atomic E-state index is 12.0. The van der Waals surface area contributed by atoms with Gasteiger partial charge in [-0.1, -0.05) is 12.1 Å². The number of anilines is 2. The van der Waals surface area contributed by atoms with Crippen LogP contribution in [-0.2, 0) is 9.47 Å². The van der Waals surface area contributed by atoms with Crippen molar-refractivity contribution in [3.8, 4) is 11.3 Å². The van der Waals surface area contributed by atoms with E-state index >= 15 is 0 Å². The molecule has 5 rings (SSSR count).